The molecule has 1 heterocycles. The minimum Gasteiger partial charge on any atom is -0.497 e. The minimum absolute atomic E-state index is 0.0980. The van der Waals surface area contributed by atoms with Crippen LogP contribution in [0.5, 0.6) is 11.5 Å². The van der Waals surface area contributed by atoms with Crippen molar-refractivity contribution in [2.24, 2.45) is 0 Å². The van der Waals surface area contributed by atoms with Gasteiger partial charge in [0, 0.05) is 24.3 Å². The van der Waals surface area contributed by atoms with Gasteiger partial charge in [-0.15, -0.1) is 0 Å². The number of methoxy groups -OCH3 is 1. The number of hydrogen-bond donors (Lipinski definition) is 1. The molecule has 0 atom stereocenters. The summed E-state index contributed by atoms with van der Waals surface area (Å²) >= 11 is 0. The van der Waals surface area contributed by atoms with Crippen molar-refractivity contribution in [3.8, 4) is 11.5 Å². The van der Waals surface area contributed by atoms with Crippen LogP contribution in [-0.2, 0) is 9.59 Å². The lowest BCUT2D eigenvalue weighted by Gasteiger charge is -2.16. The van der Waals surface area contributed by atoms with Crippen LogP contribution in [0.15, 0.2) is 48.5 Å². The first-order valence-electron chi connectivity index (χ1n) is 8.13. The van der Waals surface area contributed by atoms with Crippen molar-refractivity contribution < 1.29 is 19.1 Å². The van der Waals surface area contributed by atoms with Gasteiger partial charge in [0.1, 0.15) is 11.5 Å². The maximum Gasteiger partial charge on any atom is 0.262 e. The highest BCUT2D eigenvalue weighted by Gasteiger charge is 2.21. The highest BCUT2D eigenvalue weighted by molar-refractivity contribution is 5.97. The van der Waals surface area contributed by atoms with Gasteiger partial charge in [-0.05, 0) is 48.9 Å². The van der Waals surface area contributed by atoms with E-state index >= 15 is 0 Å². The van der Waals surface area contributed by atoms with Gasteiger partial charge >= 0.3 is 0 Å². The summed E-state index contributed by atoms with van der Waals surface area (Å²) in [5.74, 6) is 1.17. The van der Waals surface area contributed by atoms with Crippen LogP contribution in [0.25, 0.3) is 0 Å². The van der Waals surface area contributed by atoms with E-state index in [0.717, 1.165) is 24.4 Å². The van der Waals surface area contributed by atoms with Crippen molar-refractivity contribution in [2.45, 2.75) is 12.8 Å². The van der Waals surface area contributed by atoms with Gasteiger partial charge in [-0.1, -0.05) is 6.07 Å². The van der Waals surface area contributed by atoms with Crippen molar-refractivity contribution in [1.82, 2.24) is 0 Å². The molecule has 6 heteroatoms. The second-order valence-corrected chi connectivity index (χ2v) is 5.71. The Balaban J connectivity index is 1.56. The van der Waals surface area contributed by atoms with E-state index < -0.39 is 0 Å². The molecule has 0 aliphatic carbocycles. The van der Waals surface area contributed by atoms with Crippen molar-refractivity contribution in [2.75, 3.05) is 30.5 Å². The zero-order valence-corrected chi connectivity index (χ0v) is 14.0. The number of benzene rings is 2. The van der Waals surface area contributed by atoms with Crippen LogP contribution < -0.4 is 19.7 Å². The molecule has 0 radical (unpaired) electrons. The first-order valence-corrected chi connectivity index (χ1v) is 8.13. The fourth-order valence-electron chi connectivity index (χ4n) is 2.69. The first-order chi connectivity index (χ1) is 12.2. The topological polar surface area (TPSA) is 67.9 Å². The van der Waals surface area contributed by atoms with E-state index in [0.29, 0.717) is 17.9 Å². The van der Waals surface area contributed by atoms with Gasteiger partial charge in [0.05, 0.1) is 7.11 Å². The van der Waals surface area contributed by atoms with Crippen LogP contribution in [0.3, 0.4) is 0 Å². The number of rotatable bonds is 6. The van der Waals surface area contributed by atoms with Crippen LogP contribution in [-0.4, -0.2) is 32.1 Å². The fraction of sp³-hybridized carbons (Fsp3) is 0.263. The average Bonchev–Trinajstić information content (AvgIpc) is 3.06. The first kappa shape index (κ1) is 16.8. The predicted molar refractivity (Wildman–Crippen MR) is 95.1 cm³/mol. The molecule has 0 saturated carbocycles. The summed E-state index contributed by atoms with van der Waals surface area (Å²) in [5.41, 5.74) is 1.44. The second-order valence-electron chi connectivity index (χ2n) is 5.71. The van der Waals surface area contributed by atoms with Crippen LogP contribution in [0, 0.1) is 0 Å². The maximum absolute atomic E-state index is 12.1. The molecular formula is C19H20N2O4. The molecule has 6 nitrogen and oxygen atoms in total. The lowest BCUT2D eigenvalue weighted by molar-refractivity contribution is -0.118. The van der Waals surface area contributed by atoms with Crippen molar-refractivity contribution in [3.05, 3.63) is 48.5 Å². The molecule has 3 rings (SSSR count). The molecule has 130 valence electrons. The van der Waals surface area contributed by atoms with E-state index in [1.807, 2.05) is 12.1 Å². The number of nitrogens with one attached hydrogen (secondary N) is 1. The minimum atomic E-state index is -0.263. The Hall–Kier alpha value is -3.02. The summed E-state index contributed by atoms with van der Waals surface area (Å²) in [4.78, 5) is 25.6. The Kier molecular flexibility index (Phi) is 5.18. The average molecular weight is 340 g/mol. The lowest BCUT2D eigenvalue weighted by Crippen LogP contribution is -2.24. The summed E-state index contributed by atoms with van der Waals surface area (Å²) in [6.45, 7) is 0.621. The summed E-state index contributed by atoms with van der Waals surface area (Å²) in [5, 5.41) is 2.79. The van der Waals surface area contributed by atoms with E-state index in [1.54, 1.807) is 48.4 Å². The molecule has 1 aliphatic heterocycles. The largest absolute Gasteiger partial charge is 0.497 e. The number of hydrogen-bond acceptors (Lipinski definition) is 4. The quantitative estimate of drug-likeness (QED) is 0.878. The van der Waals surface area contributed by atoms with Gasteiger partial charge in [0.25, 0.3) is 5.91 Å². The summed E-state index contributed by atoms with van der Waals surface area (Å²) in [6, 6.07) is 14.3. The molecule has 25 heavy (non-hydrogen) atoms. The fourth-order valence-corrected chi connectivity index (χ4v) is 2.69. The molecule has 0 bridgehead atoms. The molecule has 2 aromatic carbocycles. The summed E-state index contributed by atoms with van der Waals surface area (Å²) in [6.07, 6.45) is 1.44. The Morgan fingerprint density at radius 1 is 1.16 bits per heavy atom. The Morgan fingerprint density at radius 2 is 1.92 bits per heavy atom. The normalized spacial score (nSPS) is 13.6. The molecular weight excluding hydrogens is 320 g/mol. The molecule has 1 aliphatic rings. The molecule has 1 saturated heterocycles. The molecule has 1 fully saturated rings. The number of carbonyl (C=O) groups excluding carboxylic acids is 2. The number of amides is 2. The van der Waals surface area contributed by atoms with Crippen LogP contribution in [0.1, 0.15) is 12.8 Å². The smallest absolute Gasteiger partial charge is 0.262 e. The van der Waals surface area contributed by atoms with Gasteiger partial charge in [0.15, 0.2) is 6.61 Å². The zero-order chi connectivity index (χ0) is 17.6. The van der Waals surface area contributed by atoms with Crippen molar-refractivity contribution in [1.29, 1.82) is 0 Å². The maximum atomic E-state index is 12.1. The van der Waals surface area contributed by atoms with Gasteiger partial charge in [0.2, 0.25) is 5.91 Å². The second kappa shape index (κ2) is 7.70. The SMILES string of the molecule is COc1ccc(OCC(=O)Nc2cccc(N3CCCC3=O)c2)cc1. The summed E-state index contributed by atoms with van der Waals surface area (Å²) < 4.78 is 10.5. The summed E-state index contributed by atoms with van der Waals surface area (Å²) in [7, 11) is 1.59. The molecule has 0 aromatic heterocycles. The monoisotopic (exact) mass is 340 g/mol. The van der Waals surface area contributed by atoms with Gasteiger partial charge < -0.3 is 19.7 Å². The van der Waals surface area contributed by atoms with Gasteiger partial charge in [-0.3, -0.25) is 9.59 Å². The van der Waals surface area contributed by atoms with Gasteiger partial charge in [-0.25, -0.2) is 0 Å². The van der Waals surface area contributed by atoms with Crippen LogP contribution in [0.4, 0.5) is 11.4 Å². The number of nitrogens with zero attached hydrogens (tertiary/aromatic N) is 1. The van der Waals surface area contributed by atoms with E-state index in [1.165, 1.54) is 0 Å². The zero-order valence-electron chi connectivity index (χ0n) is 14.0. The molecule has 0 spiro atoms. The Labute approximate surface area is 146 Å². The third-order valence-electron chi connectivity index (χ3n) is 3.94. The lowest BCUT2D eigenvalue weighted by atomic mass is 10.2. The van der Waals surface area contributed by atoms with Crippen LogP contribution in [0.2, 0.25) is 0 Å². The van der Waals surface area contributed by atoms with E-state index in [9.17, 15) is 9.59 Å². The van der Waals surface area contributed by atoms with Crippen molar-refractivity contribution >= 4 is 23.2 Å². The number of carbonyl (C=O) groups is 2. The highest BCUT2D eigenvalue weighted by atomic mass is 16.5. The van der Waals surface area contributed by atoms with Gasteiger partial charge in [-0.2, -0.15) is 0 Å². The third kappa shape index (κ3) is 4.29. The Bertz CT molecular complexity index is 758. The standard InChI is InChI=1S/C19H20N2O4/c1-24-16-7-9-17(10-8-16)25-13-18(22)20-14-4-2-5-15(12-14)21-11-3-6-19(21)23/h2,4-5,7-10,12H,3,6,11,13H2,1H3,(H,20,22). The number of ether oxygens (including phenoxy) is 2. The van der Waals surface area contributed by atoms with Crippen molar-refractivity contribution in [3.63, 3.8) is 0 Å². The highest BCUT2D eigenvalue weighted by Crippen LogP contribution is 2.24. The third-order valence-corrected chi connectivity index (χ3v) is 3.94. The Morgan fingerprint density at radius 3 is 2.60 bits per heavy atom. The molecule has 2 amide bonds. The molecule has 0 unspecified atom stereocenters. The predicted octanol–water partition coefficient (Wildman–Crippen LogP) is 2.84. The van der Waals surface area contributed by atoms with Crippen LogP contribution >= 0.6 is 0 Å². The number of anilines is 2. The van der Waals surface area contributed by atoms with E-state index in [-0.39, 0.29) is 18.4 Å². The van der Waals surface area contributed by atoms with E-state index in [4.69, 9.17) is 9.47 Å². The molecule has 2 aromatic rings. The van der Waals surface area contributed by atoms with E-state index in [2.05, 4.69) is 5.32 Å². The molecule has 1 N–H and O–H groups in total.